The highest BCUT2D eigenvalue weighted by molar-refractivity contribution is 9.12. The number of carboxylic acids is 1. The van der Waals surface area contributed by atoms with E-state index in [1.807, 2.05) is 30.3 Å². The Kier molecular flexibility index (Phi) is 4.27. The molecule has 2 aliphatic carbocycles. The van der Waals surface area contributed by atoms with Crippen LogP contribution in [0.2, 0.25) is 0 Å². The Bertz CT molecular complexity index is 708. The second-order valence-electron chi connectivity index (χ2n) is 7.09. The minimum Gasteiger partial charge on any atom is -0.480 e. The first kappa shape index (κ1) is 17.2. The predicted molar refractivity (Wildman–Crippen MR) is 97.4 cm³/mol. The lowest BCUT2D eigenvalue weighted by Gasteiger charge is -2.28. The average molecular weight is 471 g/mol. The van der Waals surface area contributed by atoms with E-state index in [9.17, 15) is 19.5 Å². The molecule has 1 aliphatic heterocycles. The maximum absolute atomic E-state index is 13.0. The zero-order valence-electron chi connectivity index (χ0n) is 13.2. The highest BCUT2D eigenvalue weighted by Crippen LogP contribution is 2.60. The first-order chi connectivity index (χ1) is 11.9. The summed E-state index contributed by atoms with van der Waals surface area (Å²) in [4.78, 5) is 39.1. The number of carbonyl (C=O) groups is 3. The molecule has 2 bridgehead atoms. The van der Waals surface area contributed by atoms with E-state index >= 15 is 0 Å². The molecule has 7 heteroatoms. The van der Waals surface area contributed by atoms with Gasteiger partial charge in [-0.25, -0.2) is 4.79 Å². The number of hydrogen-bond acceptors (Lipinski definition) is 3. The van der Waals surface area contributed by atoms with E-state index in [1.165, 1.54) is 0 Å². The van der Waals surface area contributed by atoms with Gasteiger partial charge in [0.25, 0.3) is 0 Å². The van der Waals surface area contributed by atoms with Crippen molar-refractivity contribution in [3.8, 4) is 0 Å². The molecule has 0 aromatic heterocycles. The van der Waals surface area contributed by atoms with Crippen LogP contribution in [0.15, 0.2) is 30.3 Å². The SMILES string of the molecule is O=C(O)[C@H](Cc1ccccc1)N1C(=O)[C@@H]2[C@H]3C[C@@H]([C@@H](Br)[C@H]3Br)[C@H]2C1=O. The van der Waals surface area contributed by atoms with Gasteiger partial charge in [-0.3, -0.25) is 14.5 Å². The molecule has 1 aromatic rings. The number of nitrogens with zero attached hydrogens (tertiary/aromatic N) is 1. The molecule has 4 rings (SSSR count). The van der Waals surface area contributed by atoms with Crippen LogP contribution in [0.25, 0.3) is 0 Å². The topological polar surface area (TPSA) is 74.7 Å². The summed E-state index contributed by atoms with van der Waals surface area (Å²) in [5, 5.41) is 9.68. The molecule has 7 atom stereocenters. The van der Waals surface area contributed by atoms with Crippen LogP contribution in [0.3, 0.4) is 0 Å². The molecule has 5 nitrogen and oxygen atoms in total. The van der Waals surface area contributed by atoms with Crippen molar-refractivity contribution in [2.24, 2.45) is 23.7 Å². The van der Waals surface area contributed by atoms with Gasteiger partial charge in [0.2, 0.25) is 11.8 Å². The number of fused-ring (bicyclic) bond motifs is 5. The van der Waals surface area contributed by atoms with E-state index in [0.717, 1.165) is 16.9 Å². The maximum Gasteiger partial charge on any atom is 0.327 e. The molecule has 25 heavy (non-hydrogen) atoms. The Morgan fingerprint density at radius 2 is 1.60 bits per heavy atom. The molecule has 1 saturated heterocycles. The summed E-state index contributed by atoms with van der Waals surface area (Å²) in [5.41, 5.74) is 0.798. The molecule has 2 amide bonds. The lowest BCUT2D eigenvalue weighted by molar-refractivity contribution is -0.155. The van der Waals surface area contributed by atoms with Crippen LogP contribution in [0.1, 0.15) is 12.0 Å². The minimum atomic E-state index is -1.14. The van der Waals surface area contributed by atoms with Gasteiger partial charge in [0.1, 0.15) is 6.04 Å². The normalized spacial score (nSPS) is 37.4. The Morgan fingerprint density at radius 1 is 1.08 bits per heavy atom. The fraction of sp³-hybridized carbons (Fsp3) is 0.500. The van der Waals surface area contributed by atoms with E-state index in [4.69, 9.17) is 0 Å². The number of likely N-dealkylation sites (tertiary alicyclic amines) is 1. The van der Waals surface area contributed by atoms with Gasteiger partial charge in [0, 0.05) is 16.1 Å². The lowest BCUT2D eigenvalue weighted by Crippen LogP contribution is -2.47. The number of imide groups is 1. The van der Waals surface area contributed by atoms with E-state index in [0.29, 0.717) is 0 Å². The third kappa shape index (κ3) is 2.50. The number of amides is 2. The summed E-state index contributed by atoms with van der Waals surface area (Å²) in [7, 11) is 0. The van der Waals surface area contributed by atoms with Crippen LogP contribution in [-0.4, -0.2) is 43.5 Å². The monoisotopic (exact) mass is 469 g/mol. The van der Waals surface area contributed by atoms with Gasteiger partial charge >= 0.3 is 5.97 Å². The van der Waals surface area contributed by atoms with Crippen LogP contribution in [0.4, 0.5) is 0 Å². The maximum atomic E-state index is 13.0. The van der Waals surface area contributed by atoms with E-state index in [1.54, 1.807) is 0 Å². The number of aliphatic carboxylic acids is 1. The van der Waals surface area contributed by atoms with Crippen molar-refractivity contribution in [3.63, 3.8) is 0 Å². The molecular weight excluding hydrogens is 454 g/mol. The number of halogens is 2. The zero-order chi connectivity index (χ0) is 17.9. The van der Waals surface area contributed by atoms with E-state index in [2.05, 4.69) is 31.9 Å². The third-order valence-corrected chi connectivity index (χ3v) is 9.10. The molecule has 3 aliphatic rings. The van der Waals surface area contributed by atoms with Crippen molar-refractivity contribution in [3.05, 3.63) is 35.9 Å². The van der Waals surface area contributed by atoms with Gasteiger partial charge in [-0.2, -0.15) is 0 Å². The molecule has 1 N–H and O–H groups in total. The Morgan fingerprint density at radius 3 is 2.08 bits per heavy atom. The van der Waals surface area contributed by atoms with Gasteiger partial charge in [-0.05, 0) is 23.8 Å². The quantitative estimate of drug-likeness (QED) is 0.541. The average Bonchev–Trinajstić information content (AvgIpc) is 3.19. The summed E-state index contributed by atoms with van der Waals surface area (Å²) < 4.78 is 0. The van der Waals surface area contributed by atoms with E-state index < -0.39 is 12.0 Å². The number of carbonyl (C=O) groups excluding carboxylic acids is 2. The number of carboxylic acid groups (broad SMARTS) is 1. The van der Waals surface area contributed by atoms with Gasteiger partial charge in [0.15, 0.2) is 0 Å². The Labute approximate surface area is 162 Å². The summed E-state index contributed by atoms with van der Waals surface area (Å²) in [5.74, 6) is -2.34. The molecular formula is C18H17Br2NO4. The predicted octanol–water partition coefficient (Wildman–Crippen LogP) is 2.46. The minimum absolute atomic E-state index is 0.0898. The molecule has 132 valence electrons. The fourth-order valence-corrected chi connectivity index (χ4v) is 6.68. The van der Waals surface area contributed by atoms with Crippen molar-refractivity contribution in [2.45, 2.75) is 28.5 Å². The van der Waals surface area contributed by atoms with Crippen molar-refractivity contribution in [2.75, 3.05) is 0 Å². The van der Waals surface area contributed by atoms with Crippen molar-refractivity contribution >= 4 is 49.6 Å². The summed E-state index contributed by atoms with van der Waals surface area (Å²) in [6, 6.07) is 7.97. The summed E-state index contributed by atoms with van der Waals surface area (Å²) in [6.45, 7) is 0. The smallest absolute Gasteiger partial charge is 0.327 e. The number of benzene rings is 1. The molecule has 2 saturated carbocycles. The first-order valence-electron chi connectivity index (χ1n) is 8.33. The summed E-state index contributed by atoms with van der Waals surface area (Å²) in [6.07, 6.45) is 0.973. The molecule has 0 spiro atoms. The molecule has 1 aromatic carbocycles. The second kappa shape index (κ2) is 6.20. The van der Waals surface area contributed by atoms with Crippen LogP contribution in [0, 0.1) is 23.7 Å². The molecule has 1 heterocycles. The molecule has 0 radical (unpaired) electrons. The van der Waals surface area contributed by atoms with Gasteiger partial charge in [0.05, 0.1) is 11.8 Å². The van der Waals surface area contributed by atoms with E-state index in [-0.39, 0.29) is 51.6 Å². The van der Waals surface area contributed by atoms with Crippen molar-refractivity contribution in [1.82, 2.24) is 4.90 Å². The Hall–Kier alpha value is -1.21. The Balaban J connectivity index is 1.65. The number of alkyl halides is 2. The first-order valence-corrected chi connectivity index (χ1v) is 10.2. The van der Waals surface area contributed by atoms with Crippen LogP contribution < -0.4 is 0 Å². The second-order valence-corrected chi connectivity index (χ2v) is 9.21. The van der Waals surface area contributed by atoms with Crippen LogP contribution >= 0.6 is 31.9 Å². The standard InChI is InChI=1S/C18H17Br2NO4/c19-14-9-7-10(15(14)20)13-12(9)16(22)21(17(13)23)11(18(24)25)6-8-4-2-1-3-5-8/h1-5,9-15H,6-7H2,(H,24,25)/t9-,10-,11+,12-,13-,14-,15+/m1/s1. The van der Waals surface area contributed by atoms with Gasteiger partial charge in [-0.15, -0.1) is 0 Å². The van der Waals surface area contributed by atoms with Gasteiger partial charge < -0.3 is 5.11 Å². The lowest BCUT2D eigenvalue weighted by atomic mass is 9.81. The highest BCUT2D eigenvalue weighted by atomic mass is 79.9. The zero-order valence-corrected chi connectivity index (χ0v) is 16.4. The van der Waals surface area contributed by atoms with Crippen LogP contribution in [0.5, 0.6) is 0 Å². The van der Waals surface area contributed by atoms with Crippen molar-refractivity contribution < 1.29 is 19.5 Å². The summed E-state index contributed by atoms with van der Waals surface area (Å²) >= 11 is 7.28. The number of hydrogen-bond donors (Lipinski definition) is 1. The third-order valence-electron chi connectivity index (χ3n) is 5.89. The van der Waals surface area contributed by atoms with Gasteiger partial charge in [-0.1, -0.05) is 62.2 Å². The molecule has 0 unspecified atom stereocenters. The largest absolute Gasteiger partial charge is 0.480 e. The van der Waals surface area contributed by atoms with Crippen molar-refractivity contribution in [1.29, 1.82) is 0 Å². The number of rotatable bonds is 4. The molecule has 3 fully saturated rings. The highest BCUT2D eigenvalue weighted by Gasteiger charge is 2.67. The van der Waals surface area contributed by atoms with Crippen LogP contribution in [-0.2, 0) is 20.8 Å². The fourth-order valence-electron chi connectivity index (χ4n) is 4.81.